The number of aromatic nitrogens is 2. The van der Waals surface area contributed by atoms with Crippen molar-refractivity contribution in [2.45, 2.75) is 13.0 Å². The number of nitrogens with zero attached hydrogens (tertiary/aromatic N) is 2. The number of methoxy groups -OCH3 is 2. The number of para-hydroxylation sites is 2. The van der Waals surface area contributed by atoms with E-state index in [-0.39, 0.29) is 17.3 Å². The fourth-order valence-electron chi connectivity index (χ4n) is 4.50. The molecule has 1 aromatic heterocycles. The molecule has 2 N–H and O–H groups in total. The maximum Gasteiger partial charge on any atom is 0.302 e. The molecule has 1 atom stereocenters. The fraction of sp³-hybridized carbons (Fsp3) is 0.179. The van der Waals surface area contributed by atoms with Crippen LogP contribution in [0, 0.1) is 0 Å². The van der Waals surface area contributed by atoms with Gasteiger partial charge in [-0.25, -0.2) is 4.98 Å². The van der Waals surface area contributed by atoms with Gasteiger partial charge in [0.2, 0.25) is 5.95 Å². The quantitative estimate of drug-likeness (QED) is 0.217. The normalized spacial score (nSPS) is 16.8. The molecule has 188 valence electrons. The van der Waals surface area contributed by atoms with Gasteiger partial charge >= 0.3 is 5.91 Å². The lowest BCUT2D eigenvalue weighted by Crippen LogP contribution is -2.30. The van der Waals surface area contributed by atoms with Crippen molar-refractivity contribution in [2.24, 2.45) is 0 Å². The number of amides is 1. The highest BCUT2D eigenvalue weighted by Crippen LogP contribution is 2.44. The Hall–Kier alpha value is -4.79. The number of benzene rings is 3. The number of ether oxygens (including phenoxy) is 3. The minimum Gasteiger partial charge on any atom is -0.507 e. The number of H-pyrrole nitrogens is 1. The number of aromatic amines is 1. The molecule has 0 saturated carbocycles. The van der Waals surface area contributed by atoms with Crippen molar-refractivity contribution in [3.8, 4) is 17.2 Å². The van der Waals surface area contributed by atoms with Crippen LogP contribution in [0.5, 0.6) is 17.2 Å². The average Bonchev–Trinajstić information content (AvgIpc) is 3.46. The van der Waals surface area contributed by atoms with E-state index >= 15 is 0 Å². The standard InChI is InChI=1S/C28H25N3O6/c1-4-37-18-9-7-8-17(14-18)25(32)23-24(16-12-13-21(35-2)22(15-16)36-3)31(27(34)26(23)33)28-29-19-10-5-6-11-20(19)30-28/h5-15,24,32H,4H2,1-3H3,(H,29,30)/b25-23+. The smallest absolute Gasteiger partial charge is 0.302 e. The summed E-state index contributed by atoms with van der Waals surface area (Å²) in [7, 11) is 3.01. The SMILES string of the molecule is CCOc1cccc(/C(O)=C2\C(=O)C(=O)N(c3nc4ccccc4[nH]3)C2c2ccc(OC)c(OC)c2)c1. The topological polar surface area (TPSA) is 114 Å². The molecule has 0 aliphatic carbocycles. The zero-order valence-corrected chi connectivity index (χ0v) is 20.5. The van der Waals surface area contributed by atoms with Crippen LogP contribution >= 0.6 is 0 Å². The van der Waals surface area contributed by atoms with Crippen molar-refractivity contribution in [1.82, 2.24) is 9.97 Å². The van der Waals surface area contributed by atoms with Crippen LogP contribution in [0.25, 0.3) is 16.8 Å². The zero-order chi connectivity index (χ0) is 26.1. The van der Waals surface area contributed by atoms with Crippen LogP contribution in [0.4, 0.5) is 5.95 Å². The third kappa shape index (κ3) is 4.14. The first-order chi connectivity index (χ1) is 18.0. The van der Waals surface area contributed by atoms with Crippen LogP contribution in [-0.4, -0.2) is 47.6 Å². The molecule has 1 unspecified atom stereocenters. The molecule has 1 aliphatic heterocycles. The summed E-state index contributed by atoms with van der Waals surface area (Å²) < 4.78 is 16.4. The lowest BCUT2D eigenvalue weighted by molar-refractivity contribution is -0.132. The van der Waals surface area contributed by atoms with Crippen molar-refractivity contribution in [2.75, 3.05) is 25.7 Å². The minimum absolute atomic E-state index is 0.0775. The van der Waals surface area contributed by atoms with E-state index in [1.54, 1.807) is 48.5 Å². The third-order valence-corrected chi connectivity index (χ3v) is 6.19. The van der Waals surface area contributed by atoms with Crippen molar-refractivity contribution in [1.29, 1.82) is 0 Å². The Balaban J connectivity index is 1.73. The summed E-state index contributed by atoms with van der Waals surface area (Å²) in [4.78, 5) is 35.8. The number of hydrogen-bond acceptors (Lipinski definition) is 7. The van der Waals surface area contributed by atoms with Gasteiger partial charge in [0.15, 0.2) is 11.5 Å². The molecule has 2 heterocycles. The van der Waals surface area contributed by atoms with Gasteiger partial charge in [0.1, 0.15) is 11.5 Å². The molecule has 9 nitrogen and oxygen atoms in total. The summed E-state index contributed by atoms with van der Waals surface area (Å²) in [6.45, 7) is 2.29. The lowest BCUT2D eigenvalue weighted by atomic mass is 9.95. The van der Waals surface area contributed by atoms with E-state index in [4.69, 9.17) is 14.2 Å². The molecule has 9 heteroatoms. The number of fused-ring (bicyclic) bond motifs is 1. The molecule has 1 aliphatic rings. The molecule has 0 spiro atoms. The molecule has 1 saturated heterocycles. The summed E-state index contributed by atoms with van der Waals surface area (Å²) in [5.41, 5.74) is 2.13. The monoisotopic (exact) mass is 499 g/mol. The second kappa shape index (κ2) is 9.69. The van der Waals surface area contributed by atoms with Gasteiger partial charge in [0.25, 0.3) is 5.78 Å². The molecule has 3 aromatic carbocycles. The average molecular weight is 500 g/mol. The Morgan fingerprint density at radius 3 is 2.51 bits per heavy atom. The Kier molecular flexibility index (Phi) is 6.27. The molecule has 37 heavy (non-hydrogen) atoms. The van der Waals surface area contributed by atoms with Crippen LogP contribution in [0.1, 0.15) is 24.1 Å². The number of aliphatic hydroxyl groups is 1. The van der Waals surface area contributed by atoms with E-state index in [1.807, 2.05) is 25.1 Å². The van der Waals surface area contributed by atoms with Gasteiger partial charge in [-0.2, -0.15) is 0 Å². The molecule has 4 aromatic rings. The number of imidazole rings is 1. The molecule has 0 bridgehead atoms. The van der Waals surface area contributed by atoms with Crippen LogP contribution in [0.2, 0.25) is 0 Å². The first kappa shape index (κ1) is 23.9. The number of aliphatic hydroxyl groups excluding tert-OH is 1. The molecule has 1 fully saturated rings. The Morgan fingerprint density at radius 2 is 1.78 bits per heavy atom. The van der Waals surface area contributed by atoms with E-state index in [0.717, 1.165) is 0 Å². The van der Waals surface area contributed by atoms with Crippen LogP contribution in [-0.2, 0) is 9.59 Å². The van der Waals surface area contributed by atoms with Crippen molar-refractivity contribution in [3.05, 3.63) is 83.4 Å². The van der Waals surface area contributed by atoms with Crippen LogP contribution in [0.15, 0.2) is 72.3 Å². The maximum absolute atomic E-state index is 13.5. The van der Waals surface area contributed by atoms with E-state index < -0.39 is 17.7 Å². The highest BCUT2D eigenvalue weighted by molar-refractivity contribution is 6.51. The van der Waals surface area contributed by atoms with Gasteiger partial charge in [-0.05, 0) is 48.9 Å². The van der Waals surface area contributed by atoms with Gasteiger partial charge in [0, 0.05) is 5.56 Å². The Labute approximate surface area is 212 Å². The Bertz CT molecular complexity index is 1510. The van der Waals surface area contributed by atoms with Crippen LogP contribution in [0.3, 0.4) is 0 Å². The number of anilines is 1. The third-order valence-electron chi connectivity index (χ3n) is 6.19. The molecule has 0 radical (unpaired) electrons. The van der Waals surface area contributed by atoms with Gasteiger partial charge in [-0.15, -0.1) is 0 Å². The van der Waals surface area contributed by atoms with E-state index in [1.165, 1.54) is 19.1 Å². The zero-order valence-electron chi connectivity index (χ0n) is 20.5. The highest BCUT2D eigenvalue weighted by atomic mass is 16.5. The minimum atomic E-state index is -0.990. The molecule has 5 rings (SSSR count). The first-order valence-electron chi connectivity index (χ1n) is 11.7. The summed E-state index contributed by atoms with van der Waals surface area (Å²) >= 11 is 0. The second-order valence-electron chi connectivity index (χ2n) is 8.32. The van der Waals surface area contributed by atoms with Gasteiger partial charge in [-0.1, -0.05) is 30.3 Å². The number of carbonyl (C=O) groups excluding carboxylic acids is 2. The number of carbonyl (C=O) groups is 2. The molecule has 1 amide bonds. The number of Topliss-reactive ketones (excluding diaryl/α,β-unsaturated/α-hetero) is 1. The van der Waals surface area contributed by atoms with Crippen molar-refractivity contribution in [3.63, 3.8) is 0 Å². The predicted molar refractivity (Wildman–Crippen MR) is 138 cm³/mol. The fourth-order valence-corrected chi connectivity index (χ4v) is 4.50. The largest absolute Gasteiger partial charge is 0.507 e. The van der Waals surface area contributed by atoms with Crippen LogP contribution < -0.4 is 19.1 Å². The van der Waals surface area contributed by atoms with E-state index in [2.05, 4.69) is 9.97 Å². The predicted octanol–water partition coefficient (Wildman–Crippen LogP) is 4.61. The number of hydrogen-bond donors (Lipinski definition) is 2. The number of rotatable bonds is 7. The molecular formula is C28H25N3O6. The summed E-state index contributed by atoms with van der Waals surface area (Å²) in [5, 5.41) is 11.4. The highest BCUT2D eigenvalue weighted by Gasteiger charge is 2.48. The summed E-state index contributed by atoms with van der Waals surface area (Å²) in [5.74, 6) is -0.366. The van der Waals surface area contributed by atoms with Gasteiger partial charge in [-0.3, -0.25) is 14.5 Å². The van der Waals surface area contributed by atoms with Gasteiger partial charge in [0.05, 0.1) is 43.5 Å². The van der Waals surface area contributed by atoms with E-state index in [0.29, 0.717) is 46.0 Å². The van der Waals surface area contributed by atoms with Crippen molar-refractivity contribution < 1.29 is 28.9 Å². The second-order valence-corrected chi connectivity index (χ2v) is 8.32. The van der Waals surface area contributed by atoms with Crippen molar-refractivity contribution >= 4 is 34.4 Å². The first-order valence-corrected chi connectivity index (χ1v) is 11.7. The Morgan fingerprint density at radius 1 is 1.00 bits per heavy atom. The van der Waals surface area contributed by atoms with E-state index in [9.17, 15) is 14.7 Å². The lowest BCUT2D eigenvalue weighted by Gasteiger charge is -2.24. The number of nitrogens with one attached hydrogen (secondary N) is 1. The van der Waals surface area contributed by atoms with Gasteiger partial charge < -0.3 is 24.3 Å². The maximum atomic E-state index is 13.5. The summed E-state index contributed by atoms with van der Waals surface area (Å²) in [6.07, 6.45) is 0. The molecular weight excluding hydrogens is 474 g/mol. The number of ketones is 1. The summed E-state index contributed by atoms with van der Waals surface area (Å²) in [6, 6.07) is 18.1.